The maximum atomic E-state index is 6.17. The number of rotatable bonds is 35. The highest BCUT2D eigenvalue weighted by molar-refractivity contribution is 4.61. The minimum atomic E-state index is -0.591. The molecule has 2 atom stereocenters. The first kappa shape index (κ1) is 39.8. The maximum Gasteiger partial charge on any atom is 0.213 e. The third-order valence-electron chi connectivity index (χ3n) is 8.47. The molecule has 0 spiro atoms. The van der Waals surface area contributed by atoms with Gasteiger partial charge in [0.2, 0.25) is 6.41 Å². The standard InChI is InChI=1S/C36H76N2O2/c1-3-5-7-9-11-13-15-17-19-21-23-25-27-29-34-39-36(38)40-35(32-30-33-37)31-28-26-24-22-20-18-16-14-12-10-8-6-4-2/h35-36H,3-34,37-38H2,1-2H3. The SMILES string of the molecule is CCCCCCCCCCCCCCCCOC(N)OC(CCCN)CCCCCCCCCCCCCCC. The molecule has 0 amide bonds. The van der Waals surface area contributed by atoms with Crippen LogP contribution >= 0.6 is 0 Å². The normalized spacial score (nSPS) is 13.2. The van der Waals surface area contributed by atoms with Crippen molar-refractivity contribution >= 4 is 0 Å². The van der Waals surface area contributed by atoms with Gasteiger partial charge in [-0.05, 0) is 32.2 Å². The molecule has 0 aromatic carbocycles. The first-order valence-corrected chi connectivity index (χ1v) is 18.5. The molecule has 0 aliphatic heterocycles. The zero-order valence-electron chi connectivity index (χ0n) is 27.8. The molecule has 0 rings (SSSR count). The fraction of sp³-hybridized carbons (Fsp3) is 1.00. The van der Waals surface area contributed by atoms with Gasteiger partial charge in [0, 0.05) is 0 Å². The van der Waals surface area contributed by atoms with Gasteiger partial charge in [0.15, 0.2) is 0 Å². The summed E-state index contributed by atoms with van der Waals surface area (Å²) in [5, 5.41) is 0. The molecular weight excluding hydrogens is 492 g/mol. The Morgan fingerprint density at radius 3 is 1.12 bits per heavy atom. The lowest BCUT2D eigenvalue weighted by Crippen LogP contribution is -2.33. The van der Waals surface area contributed by atoms with Crippen LogP contribution in [0.5, 0.6) is 0 Å². The Kier molecular flexibility index (Phi) is 34.9. The van der Waals surface area contributed by atoms with E-state index in [1.54, 1.807) is 0 Å². The van der Waals surface area contributed by atoms with Gasteiger partial charge >= 0.3 is 0 Å². The molecule has 4 nitrogen and oxygen atoms in total. The van der Waals surface area contributed by atoms with Crippen molar-refractivity contribution in [2.75, 3.05) is 13.2 Å². The van der Waals surface area contributed by atoms with Crippen LogP contribution in [0.3, 0.4) is 0 Å². The lowest BCUT2D eigenvalue weighted by atomic mass is 10.0. The minimum absolute atomic E-state index is 0.183. The van der Waals surface area contributed by atoms with Crippen molar-refractivity contribution < 1.29 is 9.47 Å². The van der Waals surface area contributed by atoms with Crippen molar-refractivity contribution in [1.29, 1.82) is 0 Å². The third-order valence-corrected chi connectivity index (χ3v) is 8.47. The number of hydrogen-bond donors (Lipinski definition) is 2. The second kappa shape index (κ2) is 35.0. The Morgan fingerprint density at radius 2 is 0.750 bits per heavy atom. The van der Waals surface area contributed by atoms with Gasteiger partial charge < -0.3 is 15.2 Å². The van der Waals surface area contributed by atoms with Crippen LogP contribution in [0.1, 0.15) is 206 Å². The van der Waals surface area contributed by atoms with Crippen molar-refractivity contribution in [3.63, 3.8) is 0 Å². The number of nitrogens with two attached hydrogens (primary N) is 2. The van der Waals surface area contributed by atoms with Gasteiger partial charge in [-0.15, -0.1) is 0 Å². The van der Waals surface area contributed by atoms with E-state index in [4.69, 9.17) is 20.9 Å². The molecule has 4 N–H and O–H groups in total. The summed E-state index contributed by atoms with van der Waals surface area (Å²) in [6, 6.07) is 0. The number of ether oxygens (including phenoxy) is 2. The second-order valence-electron chi connectivity index (χ2n) is 12.6. The molecule has 0 radical (unpaired) electrons. The van der Waals surface area contributed by atoms with Crippen LogP contribution in [0.15, 0.2) is 0 Å². The summed E-state index contributed by atoms with van der Waals surface area (Å²) in [6.07, 6.45) is 39.8. The summed E-state index contributed by atoms with van der Waals surface area (Å²) in [4.78, 5) is 0. The van der Waals surface area contributed by atoms with E-state index in [0.29, 0.717) is 13.2 Å². The largest absolute Gasteiger partial charge is 0.340 e. The van der Waals surface area contributed by atoms with E-state index in [1.165, 1.54) is 167 Å². The Balaban J connectivity index is 3.59. The topological polar surface area (TPSA) is 70.5 Å². The molecule has 0 saturated carbocycles. The molecule has 0 aliphatic carbocycles. The predicted molar refractivity (Wildman–Crippen MR) is 178 cm³/mol. The smallest absolute Gasteiger partial charge is 0.213 e. The summed E-state index contributed by atoms with van der Waals surface area (Å²) in [7, 11) is 0. The monoisotopic (exact) mass is 569 g/mol. The summed E-state index contributed by atoms with van der Waals surface area (Å²) < 4.78 is 11.9. The van der Waals surface area contributed by atoms with E-state index in [1.807, 2.05) is 0 Å². The molecule has 2 unspecified atom stereocenters. The highest BCUT2D eigenvalue weighted by Crippen LogP contribution is 2.17. The molecule has 0 saturated heterocycles. The molecule has 4 heteroatoms. The van der Waals surface area contributed by atoms with Crippen LogP contribution in [0.25, 0.3) is 0 Å². The third kappa shape index (κ3) is 32.4. The molecule has 0 aromatic rings. The predicted octanol–water partition coefficient (Wildman–Crippen LogP) is 11.3. The van der Waals surface area contributed by atoms with Crippen LogP contribution in [0.4, 0.5) is 0 Å². The number of unbranched alkanes of at least 4 members (excludes halogenated alkanes) is 25. The summed E-state index contributed by atoms with van der Waals surface area (Å²) in [5.41, 5.74) is 11.9. The van der Waals surface area contributed by atoms with Gasteiger partial charge in [-0.3, -0.25) is 5.73 Å². The lowest BCUT2D eigenvalue weighted by Gasteiger charge is -2.22. The summed E-state index contributed by atoms with van der Waals surface area (Å²) in [5.74, 6) is 0. The molecule has 0 heterocycles. The second-order valence-corrected chi connectivity index (χ2v) is 12.6. The quantitative estimate of drug-likeness (QED) is 0.0589. The Labute approximate surface area is 252 Å². The van der Waals surface area contributed by atoms with Gasteiger partial charge in [-0.1, -0.05) is 181 Å². The Morgan fingerprint density at radius 1 is 0.425 bits per heavy atom. The van der Waals surface area contributed by atoms with Crippen LogP contribution in [-0.2, 0) is 9.47 Å². The van der Waals surface area contributed by atoms with Crippen molar-refractivity contribution in [3.8, 4) is 0 Å². The van der Waals surface area contributed by atoms with Crippen LogP contribution in [0, 0.1) is 0 Å². The van der Waals surface area contributed by atoms with E-state index in [-0.39, 0.29) is 6.10 Å². The van der Waals surface area contributed by atoms with Crippen LogP contribution in [-0.4, -0.2) is 25.7 Å². The average Bonchev–Trinajstić information content (AvgIpc) is 2.96. The fourth-order valence-corrected chi connectivity index (χ4v) is 5.74. The van der Waals surface area contributed by atoms with Gasteiger partial charge in [-0.2, -0.15) is 0 Å². The van der Waals surface area contributed by atoms with E-state index >= 15 is 0 Å². The molecule has 242 valence electrons. The van der Waals surface area contributed by atoms with Gasteiger partial charge in [0.25, 0.3) is 0 Å². The molecule has 40 heavy (non-hydrogen) atoms. The zero-order valence-corrected chi connectivity index (χ0v) is 27.8. The molecular formula is C36H76N2O2. The molecule has 0 fully saturated rings. The van der Waals surface area contributed by atoms with Gasteiger partial charge in [0.05, 0.1) is 12.7 Å². The van der Waals surface area contributed by atoms with Crippen LogP contribution in [0.2, 0.25) is 0 Å². The van der Waals surface area contributed by atoms with Crippen LogP contribution < -0.4 is 11.5 Å². The summed E-state index contributed by atoms with van der Waals surface area (Å²) in [6.45, 7) is 6.01. The maximum absolute atomic E-state index is 6.17. The molecule has 0 aromatic heterocycles. The Hall–Kier alpha value is -0.160. The fourth-order valence-electron chi connectivity index (χ4n) is 5.74. The zero-order chi connectivity index (χ0) is 29.2. The Bertz CT molecular complexity index is 449. The first-order chi connectivity index (χ1) is 19.7. The first-order valence-electron chi connectivity index (χ1n) is 18.5. The van der Waals surface area contributed by atoms with Gasteiger partial charge in [-0.25, -0.2) is 0 Å². The van der Waals surface area contributed by atoms with E-state index in [2.05, 4.69) is 13.8 Å². The van der Waals surface area contributed by atoms with E-state index in [0.717, 1.165) is 25.7 Å². The van der Waals surface area contributed by atoms with E-state index < -0.39 is 6.41 Å². The average molecular weight is 569 g/mol. The molecule has 0 bridgehead atoms. The van der Waals surface area contributed by atoms with Crippen molar-refractivity contribution in [2.45, 2.75) is 219 Å². The lowest BCUT2D eigenvalue weighted by molar-refractivity contribution is -0.170. The van der Waals surface area contributed by atoms with Crippen molar-refractivity contribution in [2.24, 2.45) is 11.5 Å². The molecule has 0 aliphatic rings. The summed E-state index contributed by atoms with van der Waals surface area (Å²) >= 11 is 0. The van der Waals surface area contributed by atoms with Crippen molar-refractivity contribution in [1.82, 2.24) is 0 Å². The van der Waals surface area contributed by atoms with E-state index in [9.17, 15) is 0 Å². The highest BCUT2D eigenvalue weighted by atomic mass is 16.7. The minimum Gasteiger partial charge on any atom is -0.340 e. The number of hydrogen-bond acceptors (Lipinski definition) is 4. The highest BCUT2D eigenvalue weighted by Gasteiger charge is 2.13. The van der Waals surface area contributed by atoms with Gasteiger partial charge in [0.1, 0.15) is 0 Å². The van der Waals surface area contributed by atoms with Crippen molar-refractivity contribution in [3.05, 3.63) is 0 Å².